The van der Waals surface area contributed by atoms with E-state index in [1.807, 2.05) is 0 Å². The fraction of sp³-hybridized carbons (Fsp3) is 0.375. The van der Waals surface area contributed by atoms with E-state index in [0.29, 0.717) is 23.4 Å². The Balaban J connectivity index is 1.46. The fourth-order valence-corrected chi connectivity index (χ4v) is 3.57. The van der Waals surface area contributed by atoms with Gasteiger partial charge in [0.15, 0.2) is 0 Å². The number of nitrogens with one attached hydrogen (secondary N) is 4. The summed E-state index contributed by atoms with van der Waals surface area (Å²) in [6.07, 6.45) is 6.09. The van der Waals surface area contributed by atoms with Crippen LogP contribution in [0.1, 0.15) is 55.8 Å². The van der Waals surface area contributed by atoms with Crippen LogP contribution in [-0.4, -0.2) is 30.3 Å². The number of rotatable bonds is 8. The molecule has 164 valence electrons. The maximum atomic E-state index is 12.4. The lowest BCUT2D eigenvalue weighted by molar-refractivity contribution is -0.116. The molecule has 0 atom stereocenters. The summed E-state index contributed by atoms with van der Waals surface area (Å²) >= 11 is 0. The molecule has 0 heterocycles. The first-order valence-corrected chi connectivity index (χ1v) is 10.9. The van der Waals surface area contributed by atoms with Crippen LogP contribution < -0.4 is 21.3 Å². The summed E-state index contributed by atoms with van der Waals surface area (Å²) < 4.78 is 0. The number of anilines is 3. The third-order valence-electron chi connectivity index (χ3n) is 5.29. The molecule has 3 rings (SSSR count). The van der Waals surface area contributed by atoms with E-state index in [9.17, 15) is 14.4 Å². The molecule has 1 aliphatic rings. The molecule has 0 radical (unpaired) electrons. The van der Waals surface area contributed by atoms with Gasteiger partial charge in [-0.3, -0.25) is 14.4 Å². The fourth-order valence-electron chi connectivity index (χ4n) is 3.57. The van der Waals surface area contributed by atoms with E-state index in [2.05, 4.69) is 21.3 Å². The average molecular weight is 423 g/mol. The molecular weight excluding hydrogens is 392 g/mol. The van der Waals surface area contributed by atoms with E-state index in [4.69, 9.17) is 0 Å². The van der Waals surface area contributed by atoms with Crippen LogP contribution in [0.3, 0.4) is 0 Å². The quantitative estimate of drug-likeness (QED) is 0.514. The molecule has 7 heteroatoms. The molecule has 0 unspecified atom stereocenters. The van der Waals surface area contributed by atoms with Crippen molar-refractivity contribution in [2.45, 2.75) is 51.5 Å². The highest BCUT2D eigenvalue weighted by Gasteiger charge is 2.16. The van der Waals surface area contributed by atoms with E-state index in [1.165, 1.54) is 19.3 Å². The van der Waals surface area contributed by atoms with E-state index in [1.54, 1.807) is 55.5 Å². The van der Waals surface area contributed by atoms with Crippen LogP contribution in [0, 0.1) is 0 Å². The lowest BCUT2D eigenvalue weighted by Crippen LogP contribution is -2.36. The number of benzene rings is 2. The molecule has 0 saturated heterocycles. The van der Waals surface area contributed by atoms with Gasteiger partial charge in [0.05, 0.1) is 6.54 Å². The van der Waals surface area contributed by atoms with Crippen LogP contribution in [-0.2, 0) is 9.59 Å². The van der Waals surface area contributed by atoms with Gasteiger partial charge < -0.3 is 21.3 Å². The molecule has 7 nitrogen and oxygen atoms in total. The minimum atomic E-state index is -0.210. The van der Waals surface area contributed by atoms with Crippen molar-refractivity contribution in [1.82, 2.24) is 5.32 Å². The van der Waals surface area contributed by atoms with Gasteiger partial charge in [-0.25, -0.2) is 0 Å². The van der Waals surface area contributed by atoms with Gasteiger partial charge in [-0.05, 0) is 55.3 Å². The second kappa shape index (κ2) is 11.2. The van der Waals surface area contributed by atoms with E-state index < -0.39 is 0 Å². The van der Waals surface area contributed by atoms with Gasteiger partial charge in [-0.1, -0.05) is 32.3 Å². The van der Waals surface area contributed by atoms with Gasteiger partial charge in [0.2, 0.25) is 11.8 Å². The second-order valence-electron chi connectivity index (χ2n) is 7.77. The number of amides is 3. The Morgan fingerprint density at radius 3 is 2.13 bits per heavy atom. The van der Waals surface area contributed by atoms with Crippen LogP contribution in [0.15, 0.2) is 48.5 Å². The average Bonchev–Trinajstić information content (AvgIpc) is 2.79. The Morgan fingerprint density at radius 2 is 1.48 bits per heavy atom. The summed E-state index contributed by atoms with van der Waals surface area (Å²) in [4.78, 5) is 36.1. The molecular formula is C24H30N4O3. The Kier molecular flexibility index (Phi) is 8.04. The Morgan fingerprint density at radius 1 is 0.839 bits per heavy atom. The van der Waals surface area contributed by atoms with Crippen molar-refractivity contribution in [1.29, 1.82) is 0 Å². The normalized spacial score (nSPS) is 13.8. The zero-order valence-corrected chi connectivity index (χ0v) is 17.9. The van der Waals surface area contributed by atoms with Crippen LogP contribution >= 0.6 is 0 Å². The van der Waals surface area contributed by atoms with Crippen molar-refractivity contribution in [2.24, 2.45) is 0 Å². The van der Waals surface area contributed by atoms with Crippen molar-refractivity contribution in [3.05, 3.63) is 54.1 Å². The largest absolute Gasteiger partial charge is 0.376 e. The summed E-state index contributed by atoms with van der Waals surface area (Å²) in [6.45, 7) is 1.86. The van der Waals surface area contributed by atoms with E-state index >= 15 is 0 Å². The van der Waals surface area contributed by atoms with E-state index in [0.717, 1.165) is 18.5 Å². The third kappa shape index (κ3) is 7.13. The lowest BCUT2D eigenvalue weighted by atomic mass is 9.95. The van der Waals surface area contributed by atoms with Crippen LogP contribution in [0.4, 0.5) is 17.1 Å². The number of carbonyl (C=O) groups is 3. The molecule has 0 aromatic heterocycles. The van der Waals surface area contributed by atoms with Gasteiger partial charge in [-0.15, -0.1) is 0 Å². The molecule has 31 heavy (non-hydrogen) atoms. The first kappa shape index (κ1) is 22.3. The van der Waals surface area contributed by atoms with Crippen molar-refractivity contribution < 1.29 is 14.4 Å². The second-order valence-corrected chi connectivity index (χ2v) is 7.77. The first-order chi connectivity index (χ1) is 15.0. The Bertz CT molecular complexity index is 905. The maximum Gasteiger partial charge on any atom is 0.251 e. The lowest BCUT2D eigenvalue weighted by Gasteiger charge is -2.22. The predicted octanol–water partition coefficient (Wildman–Crippen LogP) is 4.15. The topological polar surface area (TPSA) is 99.3 Å². The molecule has 1 saturated carbocycles. The summed E-state index contributed by atoms with van der Waals surface area (Å²) in [5, 5.41) is 11.7. The summed E-state index contributed by atoms with van der Waals surface area (Å²) in [7, 11) is 0. The minimum absolute atomic E-state index is 0.0498. The standard InChI is InChI=1S/C24H30N4O3/c1-2-22(29)26-20-9-6-10-21(15-20)27-23(30)16-25-18-13-11-17(12-14-18)24(31)28-19-7-4-3-5-8-19/h6,9-15,19,25H,2-5,7-8,16H2,1H3,(H,26,29)(H,27,30)(H,28,31). The van der Waals surface area contributed by atoms with Crippen LogP contribution in [0.2, 0.25) is 0 Å². The van der Waals surface area contributed by atoms with Gasteiger partial charge in [0.25, 0.3) is 5.91 Å². The molecule has 0 aliphatic heterocycles. The van der Waals surface area contributed by atoms with E-state index in [-0.39, 0.29) is 30.3 Å². The van der Waals surface area contributed by atoms with Crippen molar-refractivity contribution in [2.75, 3.05) is 22.5 Å². The monoisotopic (exact) mass is 422 g/mol. The van der Waals surface area contributed by atoms with Crippen molar-refractivity contribution in [3.63, 3.8) is 0 Å². The predicted molar refractivity (Wildman–Crippen MR) is 123 cm³/mol. The maximum absolute atomic E-state index is 12.4. The van der Waals surface area contributed by atoms with Crippen molar-refractivity contribution >= 4 is 34.8 Å². The third-order valence-corrected chi connectivity index (χ3v) is 5.29. The molecule has 4 N–H and O–H groups in total. The zero-order chi connectivity index (χ0) is 22.1. The van der Waals surface area contributed by atoms with Gasteiger partial charge in [-0.2, -0.15) is 0 Å². The molecule has 3 amide bonds. The number of hydrogen-bond donors (Lipinski definition) is 4. The highest BCUT2D eigenvalue weighted by molar-refractivity contribution is 5.96. The summed E-state index contributed by atoms with van der Waals surface area (Å²) in [5.74, 6) is -0.342. The molecule has 2 aromatic rings. The molecule has 0 spiro atoms. The number of carbonyl (C=O) groups excluding carboxylic acids is 3. The van der Waals surface area contributed by atoms with Crippen LogP contribution in [0.5, 0.6) is 0 Å². The first-order valence-electron chi connectivity index (χ1n) is 10.9. The SMILES string of the molecule is CCC(=O)Nc1cccc(NC(=O)CNc2ccc(C(=O)NC3CCCCC3)cc2)c1. The van der Waals surface area contributed by atoms with Gasteiger partial charge in [0, 0.05) is 35.1 Å². The van der Waals surface area contributed by atoms with Gasteiger partial charge in [0.1, 0.15) is 0 Å². The smallest absolute Gasteiger partial charge is 0.251 e. The zero-order valence-electron chi connectivity index (χ0n) is 17.9. The highest BCUT2D eigenvalue weighted by Crippen LogP contribution is 2.18. The molecule has 1 aliphatic carbocycles. The van der Waals surface area contributed by atoms with Crippen molar-refractivity contribution in [3.8, 4) is 0 Å². The van der Waals surface area contributed by atoms with Gasteiger partial charge >= 0.3 is 0 Å². The molecule has 0 bridgehead atoms. The number of hydrogen-bond acceptors (Lipinski definition) is 4. The summed E-state index contributed by atoms with van der Waals surface area (Å²) in [6, 6.07) is 14.4. The Labute approximate surface area is 183 Å². The van der Waals surface area contributed by atoms with Crippen LogP contribution in [0.25, 0.3) is 0 Å². The minimum Gasteiger partial charge on any atom is -0.376 e. The highest BCUT2D eigenvalue weighted by atomic mass is 16.2. The summed E-state index contributed by atoms with van der Waals surface area (Å²) in [5.41, 5.74) is 2.62. The Hall–Kier alpha value is -3.35. The molecule has 2 aromatic carbocycles. The molecule has 1 fully saturated rings.